The van der Waals surface area contributed by atoms with E-state index >= 15 is 0 Å². The Hall–Kier alpha value is -1.55. The summed E-state index contributed by atoms with van der Waals surface area (Å²) in [6, 6.07) is 5.17. The molecule has 4 nitrogen and oxygen atoms in total. The smallest absolute Gasteiger partial charge is 0.338 e. The van der Waals surface area contributed by atoms with E-state index in [9.17, 15) is 9.90 Å². The molecule has 3 N–H and O–H groups in total. The fourth-order valence-electron chi connectivity index (χ4n) is 3.06. The molecule has 0 aliphatic heterocycles. The van der Waals surface area contributed by atoms with Gasteiger partial charge in [-0.1, -0.05) is 38.3 Å². The first-order chi connectivity index (χ1) is 9.63. The van der Waals surface area contributed by atoms with Crippen LogP contribution in [0.4, 0.5) is 5.69 Å². The van der Waals surface area contributed by atoms with Crippen LogP contribution < -0.4 is 5.73 Å². The van der Waals surface area contributed by atoms with Crippen molar-refractivity contribution in [3.63, 3.8) is 0 Å². The Morgan fingerprint density at radius 1 is 1.40 bits per heavy atom. The quantitative estimate of drug-likeness (QED) is 0.808. The maximum atomic E-state index is 11.3. The molecule has 2 atom stereocenters. The van der Waals surface area contributed by atoms with Crippen molar-refractivity contribution in [1.29, 1.82) is 0 Å². The summed E-state index contributed by atoms with van der Waals surface area (Å²) in [5.74, 6) is -0.393. The number of benzene rings is 1. The third kappa shape index (κ3) is 3.31. The molecule has 1 aromatic carbocycles. The van der Waals surface area contributed by atoms with Crippen molar-refractivity contribution in [2.45, 2.75) is 51.7 Å². The number of carboxylic acid groups (broad SMARTS) is 1. The number of nitrogen functional groups attached to an aromatic ring is 1. The number of carboxylic acids is 1. The topological polar surface area (TPSA) is 72.5 Å². The predicted octanol–water partition coefficient (Wildman–Crippen LogP) is 3.45. The summed E-state index contributed by atoms with van der Waals surface area (Å²) >= 11 is 0. The van der Waals surface area contributed by atoms with Crippen LogP contribution in [0.5, 0.6) is 0 Å². The first-order valence-corrected chi connectivity index (χ1v) is 7.35. The highest BCUT2D eigenvalue weighted by Crippen LogP contribution is 2.30. The van der Waals surface area contributed by atoms with Crippen LogP contribution in [0.15, 0.2) is 18.2 Å². The number of aromatic carboxylic acids is 1. The molecule has 0 saturated heterocycles. The number of anilines is 1. The lowest BCUT2D eigenvalue weighted by molar-refractivity contribution is -0.0225. The monoisotopic (exact) mass is 277 g/mol. The molecular formula is C16H23NO3. The molecule has 1 fully saturated rings. The third-order valence-electron chi connectivity index (χ3n) is 4.21. The maximum absolute atomic E-state index is 11.3. The molecule has 1 aliphatic rings. The van der Waals surface area contributed by atoms with Crippen LogP contribution >= 0.6 is 0 Å². The highest BCUT2D eigenvalue weighted by Gasteiger charge is 2.25. The summed E-state index contributed by atoms with van der Waals surface area (Å²) in [6.45, 7) is 2.52. The maximum Gasteiger partial charge on any atom is 0.338 e. The third-order valence-corrected chi connectivity index (χ3v) is 4.21. The molecule has 0 radical (unpaired) electrons. The minimum atomic E-state index is -0.989. The van der Waals surface area contributed by atoms with Crippen molar-refractivity contribution in [1.82, 2.24) is 0 Å². The van der Waals surface area contributed by atoms with Gasteiger partial charge in [0.05, 0.1) is 18.3 Å². The van der Waals surface area contributed by atoms with Crippen LogP contribution in [0, 0.1) is 5.92 Å². The molecule has 0 heterocycles. The first kappa shape index (κ1) is 14.9. The fraction of sp³-hybridized carbons (Fsp3) is 0.562. The Kier molecular flexibility index (Phi) is 5.01. The van der Waals surface area contributed by atoms with E-state index in [1.165, 1.54) is 19.3 Å². The van der Waals surface area contributed by atoms with Crippen molar-refractivity contribution >= 4 is 11.7 Å². The molecule has 0 spiro atoms. The minimum absolute atomic E-state index is 0.177. The molecule has 0 aromatic heterocycles. The zero-order valence-electron chi connectivity index (χ0n) is 12.0. The van der Waals surface area contributed by atoms with Crippen LogP contribution in [0.3, 0.4) is 0 Å². The van der Waals surface area contributed by atoms with Gasteiger partial charge in [0, 0.05) is 5.69 Å². The number of hydrogen-bond acceptors (Lipinski definition) is 3. The summed E-state index contributed by atoms with van der Waals surface area (Å²) < 4.78 is 6.00. The van der Waals surface area contributed by atoms with Crippen molar-refractivity contribution in [2.24, 2.45) is 5.92 Å². The van der Waals surface area contributed by atoms with Gasteiger partial charge in [-0.25, -0.2) is 4.79 Å². The molecule has 2 unspecified atom stereocenters. The van der Waals surface area contributed by atoms with E-state index in [4.69, 9.17) is 10.5 Å². The lowest BCUT2D eigenvalue weighted by Crippen LogP contribution is -2.27. The second-order valence-corrected chi connectivity index (χ2v) is 5.49. The van der Waals surface area contributed by atoms with E-state index in [0.29, 0.717) is 23.8 Å². The van der Waals surface area contributed by atoms with Crippen molar-refractivity contribution in [3.05, 3.63) is 29.3 Å². The number of rotatable bonds is 5. The Bertz CT molecular complexity index is 473. The van der Waals surface area contributed by atoms with Gasteiger partial charge in [-0.05, 0) is 30.4 Å². The van der Waals surface area contributed by atoms with Crippen molar-refractivity contribution in [2.75, 3.05) is 5.73 Å². The SMILES string of the molecule is CCC1CCCCC1OCc1cccc(N)c1C(=O)O. The summed E-state index contributed by atoms with van der Waals surface area (Å²) in [6.07, 6.45) is 6.12. The van der Waals surface area contributed by atoms with Crippen molar-refractivity contribution < 1.29 is 14.6 Å². The Morgan fingerprint density at radius 3 is 2.85 bits per heavy atom. The average molecular weight is 277 g/mol. The fourth-order valence-corrected chi connectivity index (χ4v) is 3.06. The molecule has 0 amide bonds. The first-order valence-electron chi connectivity index (χ1n) is 7.35. The van der Waals surface area contributed by atoms with Gasteiger partial charge in [-0.15, -0.1) is 0 Å². The van der Waals surface area contributed by atoms with Crippen LogP contribution in [-0.2, 0) is 11.3 Å². The molecule has 2 rings (SSSR count). The summed E-state index contributed by atoms with van der Waals surface area (Å²) in [7, 11) is 0. The largest absolute Gasteiger partial charge is 0.478 e. The average Bonchev–Trinajstić information content (AvgIpc) is 2.45. The van der Waals surface area contributed by atoms with Crippen molar-refractivity contribution in [3.8, 4) is 0 Å². The van der Waals surface area contributed by atoms with E-state index < -0.39 is 5.97 Å². The Morgan fingerprint density at radius 2 is 2.15 bits per heavy atom. The second-order valence-electron chi connectivity index (χ2n) is 5.49. The van der Waals surface area contributed by atoms with Gasteiger partial charge in [0.2, 0.25) is 0 Å². The highest BCUT2D eigenvalue weighted by atomic mass is 16.5. The van der Waals surface area contributed by atoms with E-state index in [-0.39, 0.29) is 11.7 Å². The van der Waals surface area contributed by atoms with E-state index in [0.717, 1.165) is 12.8 Å². The van der Waals surface area contributed by atoms with Crippen LogP contribution in [0.2, 0.25) is 0 Å². The van der Waals surface area contributed by atoms with Crippen LogP contribution in [0.25, 0.3) is 0 Å². The lowest BCUT2D eigenvalue weighted by Gasteiger charge is -2.31. The molecule has 1 aromatic rings. The molecule has 20 heavy (non-hydrogen) atoms. The molecule has 4 heteroatoms. The number of nitrogens with two attached hydrogens (primary N) is 1. The normalized spacial score (nSPS) is 22.6. The van der Waals surface area contributed by atoms with Gasteiger partial charge in [0.15, 0.2) is 0 Å². The summed E-state index contributed by atoms with van der Waals surface area (Å²) in [5.41, 5.74) is 6.89. The molecule has 1 aliphatic carbocycles. The highest BCUT2D eigenvalue weighted by molar-refractivity contribution is 5.95. The molecule has 0 bridgehead atoms. The lowest BCUT2D eigenvalue weighted by atomic mass is 9.85. The summed E-state index contributed by atoms with van der Waals surface area (Å²) in [4.78, 5) is 11.3. The Balaban J connectivity index is 2.07. The van der Waals surface area contributed by atoms with Gasteiger partial charge < -0.3 is 15.6 Å². The van der Waals surface area contributed by atoms with Gasteiger partial charge >= 0.3 is 5.97 Å². The zero-order chi connectivity index (χ0) is 14.5. The van der Waals surface area contributed by atoms with E-state index in [1.54, 1.807) is 18.2 Å². The number of ether oxygens (including phenoxy) is 1. The minimum Gasteiger partial charge on any atom is -0.478 e. The standard InChI is InChI=1S/C16H23NO3/c1-2-11-6-3-4-9-14(11)20-10-12-7-5-8-13(17)15(12)16(18)19/h5,7-8,11,14H,2-4,6,9-10,17H2,1H3,(H,18,19). The second kappa shape index (κ2) is 6.75. The van der Waals surface area contributed by atoms with Gasteiger partial charge in [0.25, 0.3) is 0 Å². The van der Waals surface area contributed by atoms with Gasteiger partial charge in [-0.2, -0.15) is 0 Å². The predicted molar refractivity (Wildman–Crippen MR) is 78.6 cm³/mol. The molecular weight excluding hydrogens is 254 g/mol. The zero-order valence-corrected chi connectivity index (χ0v) is 12.0. The van der Waals surface area contributed by atoms with Crippen LogP contribution in [0.1, 0.15) is 54.9 Å². The Labute approximate surface area is 119 Å². The van der Waals surface area contributed by atoms with E-state index in [1.807, 2.05) is 0 Å². The number of carbonyl (C=O) groups is 1. The van der Waals surface area contributed by atoms with E-state index in [2.05, 4.69) is 6.92 Å². The van der Waals surface area contributed by atoms with Gasteiger partial charge in [-0.3, -0.25) is 0 Å². The molecule has 1 saturated carbocycles. The summed E-state index contributed by atoms with van der Waals surface area (Å²) in [5, 5.41) is 9.25. The number of hydrogen-bond donors (Lipinski definition) is 2. The van der Waals surface area contributed by atoms with Crippen LogP contribution in [-0.4, -0.2) is 17.2 Å². The molecule has 110 valence electrons. The van der Waals surface area contributed by atoms with Gasteiger partial charge in [0.1, 0.15) is 0 Å².